The second-order valence-corrected chi connectivity index (χ2v) is 4.21. The molecule has 0 spiro atoms. The van der Waals surface area contributed by atoms with E-state index in [1.807, 2.05) is 13.8 Å². The summed E-state index contributed by atoms with van der Waals surface area (Å²) in [6, 6.07) is 0. The van der Waals surface area contributed by atoms with Gasteiger partial charge in [-0.1, -0.05) is 6.92 Å². The highest BCUT2D eigenvalue weighted by atomic mass is 16.5. The molecule has 3 heteroatoms. The highest BCUT2D eigenvalue weighted by molar-refractivity contribution is 4.94. The first-order valence-electron chi connectivity index (χ1n) is 5.73. The molecule has 0 aromatic carbocycles. The molecule has 1 rings (SSSR count). The Balaban J connectivity index is 2.43. The fourth-order valence-corrected chi connectivity index (χ4v) is 2.12. The lowest BCUT2D eigenvalue weighted by Gasteiger charge is -2.31. The fraction of sp³-hybridized carbons (Fsp3) is 1.00. The van der Waals surface area contributed by atoms with Gasteiger partial charge in [0, 0.05) is 12.1 Å². The smallest absolute Gasteiger partial charge is 0.0649 e. The van der Waals surface area contributed by atoms with Crippen LogP contribution in [-0.2, 0) is 4.74 Å². The molecule has 1 aliphatic heterocycles. The normalized spacial score (nSPS) is 29.4. The average molecular weight is 201 g/mol. The predicted molar refractivity (Wildman–Crippen MR) is 57.4 cm³/mol. The van der Waals surface area contributed by atoms with E-state index in [4.69, 9.17) is 4.74 Å². The third kappa shape index (κ3) is 3.23. The SMILES string of the molecule is CCOCC1(CC(O)CC)CCCN1. The Morgan fingerprint density at radius 3 is 2.79 bits per heavy atom. The molecule has 0 radical (unpaired) electrons. The second-order valence-electron chi connectivity index (χ2n) is 4.21. The van der Waals surface area contributed by atoms with Crippen LogP contribution in [0.3, 0.4) is 0 Å². The van der Waals surface area contributed by atoms with Gasteiger partial charge in [-0.25, -0.2) is 0 Å². The van der Waals surface area contributed by atoms with E-state index in [0.29, 0.717) is 0 Å². The quantitative estimate of drug-likeness (QED) is 0.681. The summed E-state index contributed by atoms with van der Waals surface area (Å²) in [5.41, 5.74) is 0.0471. The van der Waals surface area contributed by atoms with E-state index in [2.05, 4.69) is 5.32 Å². The molecule has 2 N–H and O–H groups in total. The molecule has 14 heavy (non-hydrogen) atoms. The molecule has 0 aromatic rings. The zero-order valence-electron chi connectivity index (χ0n) is 9.38. The molecule has 84 valence electrons. The third-order valence-electron chi connectivity index (χ3n) is 3.01. The minimum absolute atomic E-state index is 0.0471. The molecule has 3 nitrogen and oxygen atoms in total. The Hall–Kier alpha value is -0.120. The van der Waals surface area contributed by atoms with Gasteiger partial charge in [0.25, 0.3) is 0 Å². The van der Waals surface area contributed by atoms with Crippen LogP contribution in [0.15, 0.2) is 0 Å². The zero-order chi connectivity index (χ0) is 10.4. The van der Waals surface area contributed by atoms with Crippen LogP contribution in [0.2, 0.25) is 0 Å². The maximum Gasteiger partial charge on any atom is 0.0649 e. The van der Waals surface area contributed by atoms with E-state index in [1.165, 1.54) is 6.42 Å². The highest BCUT2D eigenvalue weighted by Gasteiger charge is 2.35. The Labute approximate surface area is 86.8 Å². The molecule has 1 saturated heterocycles. The molecule has 1 heterocycles. The van der Waals surface area contributed by atoms with Crippen molar-refractivity contribution in [1.82, 2.24) is 5.32 Å². The number of hydrogen-bond acceptors (Lipinski definition) is 3. The van der Waals surface area contributed by atoms with Gasteiger partial charge in [-0.05, 0) is 39.2 Å². The minimum Gasteiger partial charge on any atom is -0.393 e. The molecular formula is C11H23NO2. The van der Waals surface area contributed by atoms with Crippen LogP contribution in [0.25, 0.3) is 0 Å². The topological polar surface area (TPSA) is 41.5 Å². The van der Waals surface area contributed by atoms with Crippen molar-refractivity contribution in [3.8, 4) is 0 Å². The van der Waals surface area contributed by atoms with Crippen molar-refractivity contribution in [3.63, 3.8) is 0 Å². The monoisotopic (exact) mass is 201 g/mol. The van der Waals surface area contributed by atoms with Gasteiger partial charge in [-0.3, -0.25) is 0 Å². The van der Waals surface area contributed by atoms with Crippen molar-refractivity contribution >= 4 is 0 Å². The summed E-state index contributed by atoms with van der Waals surface area (Å²) >= 11 is 0. The lowest BCUT2D eigenvalue weighted by Crippen LogP contribution is -2.46. The Morgan fingerprint density at radius 1 is 1.50 bits per heavy atom. The molecule has 0 bridgehead atoms. The molecular weight excluding hydrogens is 178 g/mol. The number of rotatable bonds is 6. The highest BCUT2D eigenvalue weighted by Crippen LogP contribution is 2.25. The van der Waals surface area contributed by atoms with E-state index < -0.39 is 0 Å². The molecule has 2 unspecified atom stereocenters. The van der Waals surface area contributed by atoms with Crippen LogP contribution in [0.4, 0.5) is 0 Å². The first kappa shape index (κ1) is 12.0. The van der Waals surface area contributed by atoms with Crippen LogP contribution in [0.5, 0.6) is 0 Å². The third-order valence-corrected chi connectivity index (χ3v) is 3.01. The first-order valence-corrected chi connectivity index (χ1v) is 5.73. The zero-order valence-corrected chi connectivity index (χ0v) is 9.38. The molecule has 0 amide bonds. The van der Waals surface area contributed by atoms with Crippen molar-refractivity contribution in [2.24, 2.45) is 0 Å². The average Bonchev–Trinajstić information content (AvgIpc) is 2.64. The minimum atomic E-state index is -0.193. The van der Waals surface area contributed by atoms with E-state index in [1.54, 1.807) is 0 Å². The standard InChI is InChI=1S/C11H23NO2/c1-3-10(13)8-11(9-14-4-2)6-5-7-12-11/h10,12-13H,3-9H2,1-2H3. The molecule has 1 aliphatic rings. The number of hydrogen-bond donors (Lipinski definition) is 2. The maximum absolute atomic E-state index is 9.69. The van der Waals surface area contributed by atoms with Gasteiger partial charge in [0.15, 0.2) is 0 Å². The number of aliphatic hydroxyl groups excluding tert-OH is 1. The summed E-state index contributed by atoms with van der Waals surface area (Å²) in [7, 11) is 0. The number of nitrogens with one attached hydrogen (secondary N) is 1. The van der Waals surface area contributed by atoms with Crippen LogP contribution in [-0.4, -0.2) is 36.5 Å². The predicted octanol–water partition coefficient (Wildman–Crippen LogP) is 1.31. The summed E-state index contributed by atoms with van der Waals surface area (Å²) in [6.07, 6.45) is 3.79. The summed E-state index contributed by atoms with van der Waals surface area (Å²) in [5.74, 6) is 0. The number of aliphatic hydroxyl groups is 1. The molecule has 0 saturated carbocycles. The van der Waals surface area contributed by atoms with Gasteiger partial charge in [0.05, 0.1) is 12.7 Å². The first-order chi connectivity index (χ1) is 6.72. The van der Waals surface area contributed by atoms with E-state index in [9.17, 15) is 5.11 Å². The largest absolute Gasteiger partial charge is 0.393 e. The lowest BCUT2D eigenvalue weighted by molar-refractivity contribution is 0.0468. The summed E-state index contributed by atoms with van der Waals surface area (Å²) < 4.78 is 5.49. The van der Waals surface area contributed by atoms with Gasteiger partial charge < -0.3 is 15.2 Å². The van der Waals surface area contributed by atoms with Crippen LogP contribution in [0.1, 0.15) is 39.5 Å². The van der Waals surface area contributed by atoms with Crippen molar-refractivity contribution < 1.29 is 9.84 Å². The summed E-state index contributed by atoms with van der Waals surface area (Å²) in [5, 5.41) is 13.2. The van der Waals surface area contributed by atoms with Crippen LogP contribution in [0, 0.1) is 0 Å². The lowest BCUT2D eigenvalue weighted by atomic mass is 9.90. The van der Waals surface area contributed by atoms with Gasteiger partial charge in [0.1, 0.15) is 0 Å². The summed E-state index contributed by atoms with van der Waals surface area (Å²) in [6.45, 7) is 6.59. The Bertz CT molecular complexity index is 155. The van der Waals surface area contributed by atoms with Gasteiger partial charge >= 0.3 is 0 Å². The summed E-state index contributed by atoms with van der Waals surface area (Å²) in [4.78, 5) is 0. The van der Waals surface area contributed by atoms with Crippen molar-refractivity contribution in [2.45, 2.75) is 51.2 Å². The van der Waals surface area contributed by atoms with E-state index >= 15 is 0 Å². The molecule has 0 aliphatic carbocycles. The maximum atomic E-state index is 9.69. The van der Waals surface area contributed by atoms with Crippen molar-refractivity contribution in [2.75, 3.05) is 19.8 Å². The Morgan fingerprint density at radius 2 is 2.29 bits per heavy atom. The van der Waals surface area contributed by atoms with E-state index in [-0.39, 0.29) is 11.6 Å². The Kier molecular flexibility index (Phi) is 4.85. The fourth-order valence-electron chi connectivity index (χ4n) is 2.12. The molecule has 2 atom stereocenters. The van der Waals surface area contributed by atoms with Gasteiger partial charge in [-0.2, -0.15) is 0 Å². The van der Waals surface area contributed by atoms with Crippen molar-refractivity contribution in [3.05, 3.63) is 0 Å². The second kappa shape index (κ2) is 5.69. The van der Waals surface area contributed by atoms with Gasteiger partial charge in [0.2, 0.25) is 0 Å². The molecule has 1 fully saturated rings. The van der Waals surface area contributed by atoms with Crippen LogP contribution >= 0.6 is 0 Å². The number of ether oxygens (including phenoxy) is 1. The van der Waals surface area contributed by atoms with E-state index in [0.717, 1.165) is 39.0 Å². The van der Waals surface area contributed by atoms with Crippen molar-refractivity contribution in [1.29, 1.82) is 0 Å². The van der Waals surface area contributed by atoms with Gasteiger partial charge in [-0.15, -0.1) is 0 Å². The molecule has 0 aromatic heterocycles. The van der Waals surface area contributed by atoms with Crippen LogP contribution < -0.4 is 5.32 Å².